The first kappa shape index (κ1) is 12.4. The fraction of sp³-hybridized carbons (Fsp3) is 0.385. The van der Waals surface area contributed by atoms with Gasteiger partial charge < -0.3 is 10.4 Å². The van der Waals surface area contributed by atoms with Gasteiger partial charge in [0.1, 0.15) is 17.1 Å². The molecule has 0 heterocycles. The monoisotopic (exact) mass is 248 g/mol. The fourth-order valence-electron chi connectivity index (χ4n) is 2.22. The van der Waals surface area contributed by atoms with E-state index < -0.39 is 23.0 Å². The number of nitriles is 1. The number of aromatic hydroxyl groups is 1. The number of phenols is 1. The second kappa shape index (κ2) is 4.65. The van der Waals surface area contributed by atoms with Crippen LogP contribution in [0.3, 0.4) is 0 Å². The average Bonchev–Trinajstić information content (AvgIpc) is 2.78. The molecular formula is C13H13FN2O2. The number of benzene rings is 1. The highest BCUT2D eigenvalue weighted by Gasteiger charge is 2.36. The molecule has 5 heteroatoms. The molecule has 18 heavy (non-hydrogen) atoms. The molecule has 1 aromatic carbocycles. The van der Waals surface area contributed by atoms with Crippen LogP contribution >= 0.6 is 0 Å². The van der Waals surface area contributed by atoms with E-state index in [1.165, 1.54) is 6.07 Å². The lowest BCUT2D eigenvalue weighted by Crippen LogP contribution is -2.45. The molecule has 1 aromatic rings. The normalized spacial score (nSPS) is 17.1. The first-order valence-electron chi connectivity index (χ1n) is 5.79. The molecule has 4 nitrogen and oxygen atoms in total. The Morgan fingerprint density at radius 1 is 1.44 bits per heavy atom. The Labute approximate surface area is 104 Å². The smallest absolute Gasteiger partial charge is 0.256 e. The maximum absolute atomic E-state index is 12.8. The van der Waals surface area contributed by atoms with Gasteiger partial charge in [0.15, 0.2) is 0 Å². The predicted octanol–water partition coefficient (Wildman–Crippen LogP) is 2.10. The van der Waals surface area contributed by atoms with Crippen LogP contribution in [-0.2, 0) is 0 Å². The number of hydrogen-bond acceptors (Lipinski definition) is 3. The molecule has 0 atom stereocenters. The van der Waals surface area contributed by atoms with Gasteiger partial charge in [0.2, 0.25) is 0 Å². The summed E-state index contributed by atoms with van der Waals surface area (Å²) >= 11 is 0. The van der Waals surface area contributed by atoms with Gasteiger partial charge in [0.25, 0.3) is 5.91 Å². The first-order chi connectivity index (χ1) is 8.56. The van der Waals surface area contributed by atoms with Gasteiger partial charge in [-0.1, -0.05) is 0 Å². The van der Waals surface area contributed by atoms with Crippen LogP contribution in [0.15, 0.2) is 18.2 Å². The van der Waals surface area contributed by atoms with Gasteiger partial charge in [-0.2, -0.15) is 5.26 Å². The number of nitrogens with one attached hydrogen (secondary N) is 1. The Morgan fingerprint density at radius 3 is 2.67 bits per heavy atom. The highest BCUT2D eigenvalue weighted by Crippen LogP contribution is 2.30. The minimum absolute atomic E-state index is 0.0158. The van der Waals surface area contributed by atoms with Gasteiger partial charge in [-0.15, -0.1) is 0 Å². The predicted molar refractivity (Wildman–Crippen MR) is 62.3 cm³/mol. The Balaban J connectivity index is 2.19. The molecule has 1 aliphatic carbocycles. The van der Waals surface area contributed by atoms with Gasteiger partial charge in [-0.05, 0) is 37.8 Å². The fourth-order valence-corrected chi connectivity index (χ4v) is 2.22. The molecule has 0 aliphatic heterocycles. The van der Waals surface area contributed by atoms with Gasteiger partial charge in [-0.3, -0.25) is 4.79 Å². The van der Waals surface area contributed by atoms with E-state index in [9.17, 15) is 14.3 Å². The van der Waals surface area contributed by atoms with Crippen LogP contribution in [0.1, 0.15) is 36.0 Å². The average molecular weight is 248 g/mol. The number of carbonyl (C=O) groups excluding carboxylic acids is 1. The van der Waals surface area contributed by atoms with Crippen molar-refractivity contribution in [2.24, 2.45) is 0 Å². The maximum Gasteiger partial charge on any atom is 0.256 e. The highest BCUT2D eigenvalue weighted by molar-refractivity contribution is 5.97. The first-order valence-corrected chi connectivity index (χ1v) is 5.79. The molecule has 0 spiro atoms. The number of nitrogens with zero attached hydrogens (tertiary/aromatic N) is 1. The molecular weight excluding hydrogens is 235 g/mol. The molecule has 1 saturated carbocycles. The van der Waals surface area contributed by atoms with Crippen molar-refractivity contribution in [1.29, 1.82) is 5.26 Å². The Bertz CT molecular complexity index is 516. The number of phenolic OH excluding ortho intramolecular Hbond substituents is 1. The van der Waals surface area contributed by atoms with E-state index in [1.807, 2.05) is 0 Å². The van der Waals surface area contributed by atoms with Crippen molar-refractivity contribution in [2.75, 3.05) is 0 Å². The number of hydrogen-bond donors (Lipinski definition) is 2. The van der Waals surface area contributed by atoms with Gasteiger partial charge in [-0.25, -0.2) is 4.39 Å². The third-order valence-electron chi connectivity index (χ3n) is 3.23. The second-order valence-corrected chi connectivity index (χ2v) is 4.52. The Kier molecular flexibility index (Phi) is 3.19. The summed E-state index contributed by atoms with van der Waals surface area (Å²) in [6.45, 7) is 0. The van der Waals surface area contributed by atoms with Gasteiger partial charge in [0.05, 0.1) is 11.6 Å². The zero-order valence-corrected chi connectivity index (χ0v) is 9.74. The molecule has 1 aliphatic rings. The molecule has 2 rings (SSSR count). The minimum atomic E-state index is -0.849. The van der Waals surface area contributed by atoms with Crippen LogP contribution in [0.2, 0.25) is 0 Å². The molecule has 0 aromatic heterocycles. The van der Waals surface area contributed by atoms with Crippen LogP contribution in [0.4, 0.5) is 4.39 Å². The Hall–Kier alpha value is -2.09. The Morgan fingerprint density at radius 2 is 2.11 bits per heavy atom. The molecule has 1 amide bonds. The van der Waals surface area contributed by atoms with Crippen molar-refractivity contribution in [3.63, 3.8) is 0 Å². The van der Waals surface area contributed by atoms with Crippen molar-refractivity contribution in [1.82, 2.24) is 5.32 Å². The molecule has 1 fully saturated rings. The number of carbonyl (C=O) groups is 1. The lowest BCUT2D eigenvalue weighted by Gasteiger charge is -2.22. The topological polar surface area (TPSA) is 73.1 Å². The van der Waals surface area contributed by atoms with E-state index in [0.717, 1.165) is 25.0 Å². The maximum atomic E-state index is 12.8. The van der Waals surface area contributed by atoms with Crippen LogP contribution in [-0.4, -0.2) is 16.6 Å². The quantitative estimate of drug-likeness (QED) is 0.841. The number of rotatable bonds is 2. The number of halogens is 1. The van der Waals surface area contributed by atoms with E-state index in [2.05, 4.69) is 11.4 Å². The summed E-state index contributed by atoms with van der Waals surface area (Å²) in [6, 6.07) is 5.31. The van der Waals surface area contributed by atoms with Gasteiger partial charge >= 0.3 is 0 Å². The molecule has 0 saturated heterocycles. The van der Waals surface area contributed by atoms with Crippen LogP contribution in [0, 0.1) is 17.1 Å². The molecule has 0 bridgehead atoms. The van der Waals surface area contributed by atoms with Crippen molar-refractivity contribution >= 4 is 5.91 Å². The van der Waals surface area contributed by atoms with E-state index in [4.69, 9.17) is 5.26 Å². The summed E-state index contributed by atoms with van der Waals surface area (Å²) in [5.41, 5.74) is -0.865. The van der Waals surface area contributed by atoms with E-state index in [1.54, 1.807) is 0 Å². The minimum Gasteiger partial charge on any atom is -0.507 e. The van der Waals surface area contributed by atoms with Crippen LogP contribution in [0.5, 0.6) is 5.75 Å². The van der Waals surface area contributed by atoms with Gasteiger partial charge in [0, 0.05) is 6.07 Å². The number of amides is 1. The van der Waals surface area contributed by atoms with Crippen LogP contribution < -0.4 is 5.32 Å². The largest absolute Gasteiger partial charge is 0.507 e. The summed E-state index contributed by atoms with van der Waals surface area (Å²) in [6.07, 6.45) is 3.00. The molecule has 2 N–H and O–H groups in total. The van der Waals surface area contributed by atoms with Crippen molar-refractivity contribution < 1.29 is 14.3 Å². The SMILES string of the molecule is N#CC1(NC(=O)c2ccc(F)cc2O)CCCC1. The lowest BCUT2D eigenvalue weighted by atomic mass is 9.99. The third kappa shape index (κ3) is 2.28. The summed E-state index contributed by atoms with van der Waals surface area (Å²) in [5.74, 6) is -1.57. The summed E-state index contributed by atoms with van der Waals surface area (Å²) < 4.78 is 12.8. The molecule has 94 valence electrons. The summed E-state index contributed by atoms with van der Waals surface area (Å²) in [5, 5.41) is 21.3. The van der Waals surface area contributed by atoms with E-state index >= 15 is 0 Å². The summed E-state index contributed by atoms with van der Waals surface area (Å²) in [4.78, 5) is 12.0. The highest BCUT2D eigenvalue weighted by atomic mass is 19.1. The van der Waals surface area contributed by atoms with Crippen molar-refractivity contribution in [2.45, 2.75) is 31.2 Å². The van der Waals surface area contributed by atoms with E-state index in [-0.39, 0.29) is 5.56 Å². The molecule has 0 unspecified atom stereocenters. The lowest BCUT2D eigenvalue weighted by molar-refractivity contribution is 0.0918. The standard InChI is InChI=1S/C13H13FN2O2/c14-9-3-4-10(11(17)7-9)12(18)16-13(8-15)5-1-2-6-13/h3-4,7,17H,1-2,5-6H2,(H,16,18). The summed E-state index contributed by atoms with van der Waals surface area (Å²) in [7, 11) is 0. The van der Waals surface area contributed by atoms with E-state index in [0.29, 0.717) is 12.8 Å². The van der Waals surface area contributed by atoms with Crippen LogP contribution in [0.25, 0.3) is 0 Å². The third-order valence-corrected chi connectivity index (χ3v) is 3.23. The second-order valence-electron chi connectivity index (χ2n) is 4.52. The zero-order chi connectivity index (χ0) is 13.2. The van der Waals surface area contributed by atoms with Crippen molar-refractivity contribution in [3.05, 3.63) is 29.6 Å². The molecule has 0 radical (unpaired) electrons. The van der Waals surface area contributed by atoms with Crippen molar-refractivity contribution in [3.8, 4) is 11.8 Å². The zero-order valence-electron chi connectivity index (χ0n) is 9.74.